The van der Waals surface area contributed by atoms with E-state index in [0.29, 0.717) is 6.61 Å². The number of carbonyl (C=O) groups is 1. The van der Waals surface area contributed by atoms with Crippen LogP contribution < -0.4 is 0 Å². The summed E-state index contributed by atoms with van der Waals surface area (Å²) in [5.41, 5.74) is 0.126. The molecule has 1 aromatic rings. The molecular weight excluding hydrogens is 250 g/mol. The van der Waals surface area contributed by atoms with Gasteiger partial charge in [-0.3, -0.25) is 4.79 Å². The third-order valence-electron chi connectivity index (χ3n) is 1.95. The third-order valence-corrected chi connectivity index (χ3v) is 2.30. The van der Waals surface area contributed by atoms with Crippen molar-refractivity contribution in [3.63, 3.8) is 0 Å². The fourth-order valence-corrected chi connectivity index (χ4v) is 1.34. The second-order valence-electron chi connectivity index (χ2n) is 3.18. The minimum Gasteiger partial charge on any atom is -0.466 e. The molecule has 0 radical (unpaired) electrons. The molecule has 0 spiro atoms. The van der Waals surface area contributed by atoms with Gasteiger partial charge in [-0.25, -0.2) is 8.78 Å². The van der Waals surface area contributed by atoms with Crippen molar-refractivity contribution in [1.29, 1.82) is 0 Å². The van der Waals surface area contributed by atoms with E-state index in [2.05, 4.69) is 4.74 Å². The zero-order valence-electron chi connectivity index (χ0n) is 9.17. The summed E-state index contributed by atoms with van der Waals surface area (Å²) >= 11 is 5.40. The van der Waals surface area contributed by atoms with Crippen molar-refractivity contribution in [2.75, 3.05) is 6.61 Å². The van der Waals surface area contributed by atoms with Crippen molar-refractivity contribution in [3.05, 3.63) is 40.4 Å². The van der Waals surface area contributed by atoms with E-state index in [1.807, 2.05) is 0 Å². The Labute approximate surface area is 103 Å². The Morgan fingerprint density at radius 3 is 2.82 bits per heavy atom. The van der Waals surface area contributed by atoms with Crippen molar-refractivity contribution in [1.82, 2.24) is 0 Å². The number of hydrogen-bond acceptors (Lipinski definition) is 2. The van der Waals surface area contributed by atoms with Crippen LogP contribution in [-0.4, -0.2) is 12.6 Å². The summed E-state index contributed by atoms with van der Waals surface area (Å²) in [4.78, 5) is 11.0. The molecular formula is C12H11ClF2O2. The lowest BCUT2D eigenvalue weighted by atomic mass is 10.2. The zero-order valence-corrected chi connectivity index (χ0v) is 9.93. The smallest absolute Gasteiger partial charge is 0.309 e. The van der Waals surface area contributed by atoms with Crippen LogP contribution in [0, 0.1) is 11.6 Å². The van der Waals surface area contributed by atoms with Gasteiger partial charge < -0.3 is 4.74 Å². The lowest BCUT2D eigenvalue weighted by molar-refractivity contribution is -0.142. The van der Waals surface area contributed by atoms with Crippen LogP contribution in [0.3, 0.4) is 0 Å². The second-order valence-corrected chi connectivity index (χ2v) is 3.55. The summed E-state index contributed by atoms with van der Waals surface area (Å²) < 4.78 is 30.9. The van der Waals surface area contributed by atoms with E-state index >= 15 is 0 Å². The Morgan fingerprint density at radius 1 is 1.47 bits per heavy atom. The fourth-order valence-electron chi connectivity index (χ4n) is 1.17. The molecule has 0 saturated carbocycles. The molecule has 0 N–H and O–H groups in total. The SMILES string of the molecule is CCOC(=O)CC=Cc1ccc(F)c(Cl)c1F. The molecule has 0 atom stereocenters. The molecule has 0 aliphatic heterocycles. The molecule has 0 saturated heterocycles. The van der Waals surface area contributed by atoms with Crippen molar-refractivity contribution >= 4 is 23.6 Å². The summed E-state index contributed by atoms with van der Waals surface area (Å²) in [6, 6.07) is 2.31. The molecule has 0 amide bonds. The summed E-state index contributed by atoms with van der Waals surface area (Å²) in [5.74, 6) is -2.06. The Morgan fingerprint density at radius 2 is 2.18 bits per heavy atom. The van der Waals surface area contributed by atoms with E-state index in [4.69, 9.17) is 11.6 Å². The van der Waals surface area contributed by atoms with Crippen molar-refractivity contribution in [2.45, 2.75) is 13.3 Å². The number of rotatable bonds is 4. The molecule has 1 rings (SSSR count). The number of ether oxygens (including phenoxy) is 1. The van der Waals surface area contributed by atoms with E-state index in [1.54, 1.807) is 6.92 Å². The molecule has 0 aromatic heterocycles. The van der Waals surface area contributed by atoms with Gasteiger partial charge in [0, 0.05) is 5.56 Å². The Hall–Kier alpha value is -1.42. The first-order valence-electron chi connectivity index (χ1n) is 5.02. The van der Waals surface area contributed by atoms with Crippen LogP contribution in [0.15, 0.2) is 18.2 Å². The highest BCUT2D eigenvalue weighted by Gasteiger charge is 2.09. The summed E-state index contributed by atoms with van der Waals surface area (Å²) in [6.45, 7) is 1.99. The molecule has 0 bridgehead atoms. The first-order chi connectivity index (χ1) is 8.06. The molecule has 2 nitrogen and oxygen atoms in total. The van der Waals surface area contributed by atoms with Crippen molar-refractivity contribution < 1.29 is 18.3 Å². The van der Waals surface area contributed by atoms with Gasteiger partial charge in [-0.1, -0.05) is 23.8 Å². The predicted molar refractivity (Wildman–Crippen MR) is 61.7 cm³/mol. The van der Waals surface area contributed by atoms with Gasteiger partial charge in [-0.15, -0.1) is 0 Å². The number of halogens is 3. The summed E-state index contributed by atoms with van der Waals surface area (Å²) in [5, 5.41) is -0.553. The predicted octanol–water partition coefficient (Wildman–Crippen LogP) is 3.58. The molecule has 0 aliphatic carbocycles. The quantitative estimate of drug-likeness (QED) is 0.611. The van der Waals surface area contributed by atoms with Crippen LogP contribution in [0.5, 0.6) is 0 Å². The average Bonchev–Trinajstić information content (AvgIpc) is 2.29. The van der Waals surface area contributed by atoms with Gasteiger partial charge >= 0.3 is 5.97 Å². The van der Waals surface area contributed by atoms with Gasteiger partial charge in [0.2, 0.25) is 0 Å². The van der Waals surface area contributed by atoms with E-state index in [9.17, 15) is 13.6 Å². The highest BCUT2D eigenvalue weighted by molar-refractivity contribution is 6.31. The van der Waals surface area contributed by atoms with E-state index in [1.165, 1.54) is 18.2 Å². The summed E-state index contributed by atoms with van der Waals surface area (Å²) in [7, 11) is 0. The van der Waals surface area contributed by atoms with Crippen LogP contribution >= 0.6 is 11.6 Å². The molecule has 5 heteroatoms. The van der Waals surface area contributed by atoms with E-state index in [0.717, 1.165) is 6.07 Å². The largest absolute Gasteiger partial charge is 0.466 e. The van der Waals surface area contributed by atoms with Gasteiger partial charge in [0.05, 0.1) is 13.0 Å². The monoisotopic (exact) mass is 260 g/mol. The number of benzene rings is 1. The van der Waals surface area contributed by atoms with E-state index < -0.39 is 22.6 Å². The van der Waals surface area contributed by atoms with Crippen molar-refractivity contribution in [2.24, 2.45) is 0 Å². The maximum atomic E-state index is 13.4. The van der Waals surface area contributed by atoms with E-state index in [-0.39, 0.29) is 12.0 Å². The Kier molecular flexibility index (Phi) is 5.10. The van der Waals surface area contributed by atoms with Crippen LogP contribution in [0.4, 0.5) is 8.78 Å². The molecule has 0 heterocycles. The summed E-state index contributed by atoms with van der Waals surface area (Å²) in [6.07, 6.45) is 2.82. The molecule has 0 fully saturated rings. The van der Waals surface area contributed by atoms with Gasteiger partial charge in [0.1, 0.15) is 10.8 Å². The van der Waals surface area contributed by atoms with Gasteiger partial charge in [0.15, 0.2) is 5.82 Å². The van der Waals surface area contributed by atoms with Crippen LogP contribution in [0.1, 0.15) is 18.9 Å². The van der Waals surface area contributed by atoms with Crippen molar-refractivity contribution in [3.8, 4) is 0 Å². The number of hydrogen-bond donors (Lipinski definition) is 0. The standard InChI is InChI=1S/C12H11ClF2O2/c1-2-17-10(16)5-3-4-8-6-7-9(14)11(13)12(8)15/h3-4,6-7H,2,5H2,1H3. The minimum atomic E-state index is -0.841. The van der Waals surface area contributed by atoms with Crippen LogP contribution in [0.25, 0.3) is 6.08 Å². The molecule has 17 heavy (non-hydrogen) atoms. The highest BCUT2D eigenvalue weighted by atomic mass is 35.5. The maximum absolute atomic E-state index is 13.4. The minimum absolute atomic E-state index is 0.0300. The average molecular weight is 261 g/mol. The van der Waals surface area contributed by atoms with Gasteiger partial charge in [-0.05, 0) is 19.1 Å². The van der Waals surface area contributed by atoms with Crippen LogP contribution in [-0.2, 0) is 9.53 Å². The topological polar surface area (TPSA) is 26.3 Å². The Balaban J connectivity index is 2.72. The zero-order chi connectivity index (χ0) is 12.8. The van der Waals surface area contributed by atoms with Gasteiger partial charge in [0.25, 0.3) is 0 Å². The molecule has 92 valence electrons. The first-order valence-corrected chi connectivity index (χ1v) is 5.39. The molecule has 0 unspecified atom stereocenters. The number of esters is 1. The lowest BCUT2D eigenvalue weighted by Gasteiger charge is -2.00. The molecule has 0 aliphatic rings. The highest BCUT2D eigenvalue weighted by Crippen LogP contribution is 2.22. The fraction of sp³-hybridized carbons (Fsp3) is 0.250. The number of carbonyl (C=O) groups excluding carboxylic acids is 1. The second kappa shape index (κ2) is 6.35. The third kappa shape index (κ3) is 3.82. The first kappa shape index (κ1) is 13.6. The normalized spacial score (nSPS) is 10.8. The Bertz CT molecular complexity index is 444. The molecule has 1 aromatic carbocycles. The lowest BCUT2D eigenvalue weighted by Crippen LogP contribution is -2.01. The maximum Gasteiger partial charge on any atom is 0.309 e. The van der Waals surface area contributed by atoms with Crippen LogP contribution in [0.2, 0.25) is 5.02 Å². The van der Waals surface area contributed by atoms with Gasteiger partial charge in [-0.2, -0.15) is 0 Å².